The van der Waals surface area contributed by atoms with Gasteiger partial charge in [0.05, 0.1) is 6.04 Å². The molecule has 0 spiro atoms. The van der Waals surface area contributed by atoms with Gasteiger partial charge in [0.2, 0.25) is 11.9 Å². The lowest BCUT2D eigenvalue weighted by atomic mass is 10.2. The third kappa shape index (κ3) is 2.20. The maximum absolute atomic E-state index is 11.4. The molecule has 6 nitrogen and oxygen atoms in total. The minimum absolute atomic E-state index is 0.0278. The van der Waals surface area contributed by atoms with E-state index in [9.17, 15) is 4.79 Å². The first-order valence-corrected chi connectivity index (χ1v) is 5.31. The van der Waals surface area contributed by atoms with Gasteiger partial charge in [-0.25, -0.2) is 10.8 Å². The van der Waals surface area contributed by atoms with E-state index in [1.54, 1.807) is 0 Å². The Labute approximate surface area is 88.9 Å². The maximum atomic E-state index is 11.4. The van der Waals surface area contributed by atoms with Crippen LogP contribution in [0.4, 0.5) is 0 Å². The Morgan fingerprint density at radius 3 is 3.00 bits per heavy atom. The van der Waals surface area contributed by atoms with E-state index >= 15 is 0 Å². The zero-order chi connectivity index (χ0) is 10.8. The Kier molecular flexibility index (Phi) is 2.77. The Morgan fingerprint density at radius 1 is 1.67 bits per heavy atom. The highest BCUT2D eigenvalue weighted by Gasteiger charge is 2.29. The number of hydrogen-bond acceptors (Lipinski definition) is 3. The predicted octanol–water partition coefficient (Wildman–Crippen LogP) is -1.21. The maximum Gasteiger partial charge on any atom is 0.242 e. The number of hydrogen-bond donors (Lipinski definition) is 3. The van der Waals surface area contributed by atoms with E-state index in [4.69, 9.17) is 5.84 Å². The summed E-state index contributed by atoms with van der Waals surface area (Å²) in [5.74, 6) is 6.10. The van der Waals surface area contributed by atoms with Crippen molar-refractivity contribution in [1.29, 1.82) is 0 Å². The van der Waals surface area contributed by atoms with Crippen LogP contribution in [-0.2, 0) is 4.79 Å². The molecular formula is C9H17N5O. The van der Waals surface area contributed by atoms with Gasteiger partial charge in [-0.05, 0) is 19.8 Å². The number of nitrogens with one attached hydrogen (secondary N) is 2. The van der Waals surface area contributed by atoms with Gasteiger partial charge >= 0.3 is 0 Å². The molecular weight excluding hydrogens is 194 g/mol. The highest BCUT2D eigenvalue weighted by atomic mass is 16.2. The fraction of sp³-hybridized carbons (Fsp3) is 0.778. The number of nitrogens with two attached hydrogens (primary N) is 1. The molecule has 6 heteroatoms. The summed E-state index contributed by atoms with van der Waals surface area (Å²) in [6.45, 7) is 3.26. The van der Waals surface area contributed by atoms with Gasteiger partial charge in [-0.3, -0.25) is 10.2 Å². The van der Waals surface area contributed by atoms with Gasteiger partial charge in [0.25, 0.3) is 0 Å². The number of nitrogens with zero attached hydrogens (tertiary/aromatic N) is 2. The Hall–Kier alpha value is -1.30. The number of aliphatic imine (C=N–C) groups is 1. The number of amides is 1. The molecule has 0 radical (unpaired) electrons. The van der Waals surface area contributed by atoms with Crippen LogP contribution in [0.1, 0.15) is 19.8 Å². The van der Waals surface area contributed by atoms with Crippen LogP contribution >= 0.6 is 0 Å². The van der Waals surface area contributed by atoms with Crippen LogP contribution in [0, 0.1) is 0 Å². The molecule has 0 aromatic rings. The lowest BCUT2D eigenvalue weighted by Crippen LogP contribution is -2.59. The van der Waals surface area contributed by atoms with Crippen LogP contribution in [0.3, 0.4) is 0 Å². The quantitative estimate of drug-likeness (QED) is 0.220. The minimum Gasteiger partial charge on any atom is -0.353 e. The van der Waals surface area contributed by atoms with Crippen LogP contribution < -0.4 is 16.6 Å². The summed E-state index contributed by atoms with van der Waals surface area (Å²) in [4.78, 5) is 17.8. The number of carbonyl (C=O) groups is 1. The Morgan fingerprint density at radius 2 is 2.40 bits per heavy atom. The fourth-order valence-corrected chi connectivity index (χ4v) is 1.64. The molecule has 2 rings (SSSR count). The molecule has 1 unspecified atom stereocenters. The van der Waals surface area contributed by atoms with E-state index in [2.05, 4.69) is 15.7 Å². The molecule has 1 heterocycles. The van der Waals surface area contributed by atoms with Crippen molar-refractivity contribution in [3.63, 3.8) is 0 Å². The van der Waals surface area contributed by atoms with E-state index in [0.29, 0.717) is 18.5 Å². The smallest absolute Gasteiger partial charge is 0.242 e. The molecule has 4 N–H and O–H groups in total. The highest BCUT2D eigenvalue weighted by Crippen LogP contribution is 2.24. The first kappa shape index (κ1) is 10.2. The zero-order valence-corrected chi connectivity index (χ0v) is 8.86. The van der Waals surface area contributed by atoms with Gasteiger partial charge < -0.3 is 10.2 Å². The topological polar surface area (TPSA) is 82.8 Å². The molecule has 1 aliphatic carbocycles. The molecule has 2 fully saturated rings. The van der Waals surface area contributed by atoms with Gasteiger partial charge in [-0.2, -0.15) is 0 Å². The molecule has 15 heavy (non-hydrogen) atoms. The number of carbonyl (C=O) groups excluding carboxylic acids is 1. The largest absolute Gasteiger partial charge is 0.353 e. The Bertz CT molecular complexity index is 286. The normalized spacial score (nSPS) is 27.6. The summed E-state index contributed by atoms with van der Waals surface area (Å²) in [5.41, 5.74) is 2.59. The SMILES string of the molecule is CC1C(=O)NCCN1C(=NC1CC1)NN. The van der Waals surface area contributed by atoms with Crippen molar-refractivity contribution in [3.8, 4) is 0 Å². The minimum atomic E-state index is -0.202. The fourth-order valence-electron chi connectivity index (χ4n) is 1.64. The van der Waals surface area contributed by atoms with E-state index in [1.807, 2.05) is 11.8 Å². The summed E-state index contributed by atoms with van der Waals surface area (Å²) in [6, 6.07) is 0.195. The van der Waals surface area contributed by atoms with E-state index < -0.39 is 0 Å². The molecule has 1 saturated carbocycles. The van der Waals surface area contributed by atoms with Crippen LogP contribution in [-0.4, -0.2) is 41.9 Å². The first-order valence-electron chi connectivity index (χ1n) is 5.31. The molecule has 0 aromatic heterocycles. The second kappa shape index (κ2) is 4.06. The molecule has 84 valence electrons. The van der Waals surface area contributed by atoms with E-state index in [0.717, 1.165) is 19.4 Å². The standard InChI is InChI=1S/C9H17N5O/c1-6-8(15)11-4-5-14(6)9(13-10)12-7-2-3-7/h6-7H,2-5,10H2,1H3,(H,11,15)(H,12,13). The number of guanidine groups is 1. The number of rotatable bonds is 1. The number of piperazine rings is 1. The van der Waals surface area contributed by atoms with Crippen molar-refractivity contribution in [2.45, 2.75) is 31.8 Å². The lowest BCUT2D eigenvalue weighted by molar-refractivity contribution is -0.126. The zero-order valence-electron chi connectivity index (χ0n) is 8.86. The van der Waals surface area contributed by atoms with Crippen molar-refractivity contribution in [2.24, 2.45) is 10.8 Å². The van der Waals surface area contributed by atoms with Gasteiger partial charge in [-0.15, -0.1) is 0 Å². The summed E-state index contributed by atoms with van der Waals surface area (Å²) < 4.78 is 0. The van der Waals surface area contributed by atoms with Gasteiger partial charge in [-0.1, -0.05) is 0 Å². The van der Waals surface area contributed by atoms with E-state index in [-0.39, 0.29) is 11.9 Å². The molecule has 1 amide bonds. The van der Waals surface area contributed by atoms with Crippen LogP contribution in [0.2, 0.25) is 0 Å². The lowest BCUT2D eigenvalue weighted by Gasteiger charge is -2.34. The Balaban J connectivity index is 2.08. The first-order chi connectivity index (χ1) is 7.22. The van der Waals surface area contributed by atoms with Crippen molar-refractivity contribution in [2.75, 3.05) is 13.1 Å². The van der Waals surface area contributed by atoms with Gasteiger partial charge in [0.1, 0.15) is 6.04 Å². The van der Waals surface area contributed by atoms with Crippen LogP contribution in [0.5, 0.6) is 0 Å². The monoisotopic (exact) mass is 211 g/mol. The molecule has 1 aliphatic heterocycles. The second-order valence-electron chi connectivity index (χ2n) is 3.99. The third-order valence-corrected chi connectivity index (χ3v) is 2.75. The van der Waals surface area contributed by atoms with Crippen molar-refractivity contribution < 1.29 is 4.79 Å². The average molecular weight is 211 g/mol. The third-order valence-electron chi connectivity index (χ3n) is 2.75. The van der Waals surface area contributed by atoms with Crippen molar-refractivity contribution in [3.05, 3.63) is 0 Å². The molecule has 2 aliphatic rings. The van der Waals surface area contributed by atoms with Gasteiger partial charge in [0.15, 0.2) is 0 Å². The number of hydrazine groups is 1. The summed E-state index contributed by atoms with van der Waals surface area (Å²) in [7, 11) is 0. The summed E-state index contributed by atoms with van der Waals surface area (Å²) in [5, 5.41) is 2.81. The summed E-state index contributed by atoms with van der Waals surface area (Å²) >= 11 is 0. The van der Waals surface area contributed by atoms with Crippen LogP contribution in [0.25, 0.3) is 0 Å². The molecule has 1 saturated heterocycles. The van der Waals surface area contributed by atoms with E-state index in [1.165, 1.54) is 0 Å². The van der Waals surface area contributed by atoms with Crippen molar-refractivity contribution >= 4 is 11.9 Å². The average Bonchev–Trinajstić information content (AvgIpc) is 3.03. The predicted molar refractivity (Wildman–Crippen MR) is 57.0 cm³/mol. The second-order valence-corrected chi connectivity index (χ2v) is 3.99. The molecule has 0 aromatic carbocycles. The van der Waals surface area contributed by atoms with Crippen molar-refractivity contribution in [1.82, 2.24) is 15.6 Å². The van der Waals surface area contributed by atoms with Crippen LogP contribution in [0.15, 0.2) is 4.99 Å². The molecule has 0 bridgehead atoms. The van der Waals surface area contributed by atoms with Gasteiger partial charge in [0, 0.05) is 13.1 Å². The highest BCUT2D eigenvalue weighted by molar-refractivity contribution is 5.89. The summed E-state index contributed by atoms with van der Waals surface area (Å²) in [6.07, 6.45) is 2.25. The molecule has 1 atom stereocenters.